The van der Waals surface area contributed by atoms with E-state index in [1.54, 1.807) is 23.0 Å². The molecular formula is C35H37N7O+2. The second-order valence-corrected chi connectivity index (χ2v) is 11.7. The fraction of sp³-hybridized carbons (Fsp3) is 0.343. The minimum absolute atomic E-state index is 0.0517. The molecule has 1 unspecified atom stereocenters. The van der Waals surface area contributed by atoms with Crippen molar-refractivity contribution in [1.29, 1.82) is 5.26 Å². The summed E-state index contributed by atoms with van der Waals surface area (Å²) in [6.07, 6.45) is 13.8. The van der Waals surface area contributed by atoms with Gasteiger partial charge in [-0.1, -0.05) is 24.3 Å². The monoisotopic (exact) mass is 571 g/mol. The van der Waals surface area contributed by atoms with E-state index in [1.165, 1.54) is 11.1 Å². The van der Waals surface area contributed by atoms with Crippen LogP contribution in [0.5, 0.6) is 0 Å². The summed E-state index contributed by atoms with van der Waals surface area (Å²) in [7, 11) is 0. The Bertz CT molecular complexity index is 1700. The molecule has 8 nitrogen and oxygen atoms in total. The molecule has 1 saturated carbocycles. The number of hydrogen-bond acceptors (Lipinski definition) is 6. The number of benzene rings is 1. The van der Waals surface area contributed by atoms with Crippen LogP contribution in [-0.4, -0.2) is 69.3 Å². The highest BCUT2D eigenvalue weighted by Crippen LogP contribution is 2.37. The molecule has 3 aliphatic rings. The third-order valence-electron chi connectivity index (χ3n) is 8.87. The number of aryl methyl sites for hydroxylation is 1. The van der Waals surface area contributed by atoms with Gasteiger partial charge in [-0.2, -0.15) is 5.26 Å². The largest absolute Gasteiger partial charge is 0.342 e. The van der Waals surface area contributed by atoms with Crippen molar-refractivity contribution < 1.29 is 9.37 Å². The van der Waals surface area contributed by atoms with Crippen LogP contribution in [0.1, 0.15) is 65.1 Å². The predicted octanol–water partition coefficient (Wildman–Crippen LogP) is 5.99. The Labute approximate surface area is 253 Å². The normalized spacial score (nSPS) is 18.6. The van der Waals surface area contributed by atoms with Crippen molar-refractivity contribution in [2.24, 2.45) is 5.92 Å². The van der Waals surface area contributed by atoms with Gasteiger partial charge < -0.3 is 4.90 Å². The first-order valence-corrected chi connectivity index (χ1v) is 15.0. The maximum atomic E-state index is 13.6. The van der Waals surface area contributed by atoms with E-state index < -0.39 is 5.92 Å². The van der Waals surface area contributed by atoms with Gasteiger partial charge in [-0.15, -0.1) is 6.58 Å². The van der Waals surface area contributed by atoms with Gasteiger partial charge in [-0.05, 0) is 90.4 Å². The summed E-state index contributed by atoms with van der Waals surface area (Å²) >= 11 is 0. The minimum atomic E-state index is -0.420. The number of rotatable bonds is 9. The van der Waals surface area contributed by atoms with Gasteiger partial charge in [0.25, 0.3) is 0 Å². The van der Waals surface area contributed by atoms with Crippen molar-refractivity contribution in [1.82, 2.24) is 24.4 Å². The fourth-order valence-corrected chi connectivity index (χ4v) is 6.18. The molecule has 0 spiro atoms. The van der Waals surface area contributed by atoms with E-state index in [-0.39, 0.29) is 5.78 Å². The molecule has 3 aromatic rings. The van der Waals surface area contributed by atoms with Crippen LogP contribution in [0.25, 0.3) is 17.5 Å². The fourth-order valence-electron chi connectivity index (χ4n) is 6.18. The number of nitrogens with zero attached hydrogens (tertiary/aromatic N) is 7. The van der Waals surface area contributed by atoms with E-state index >= 15 is 0 Å². The molecule has 43 heavy (non-hydrogen) atoms. The van der Waals surface area contributed by atoms with Crippen LogP contribution < -0.4 is 4.58 Å². The molecule has 216 valence electrons. The van der Waals surface area contributed by atoms with Crippen LogP contribution in [-0.2, 0) is 0 Å². The highest BCUT2D eigenvalue weighted by atomic mass is 16.1. The van der Waals surface area contributed by atoms with Crippen LogP contribution in [0.15, 0.2) is 55.4 Å². The van der Waals surface area contributed by atoms with Crippen LogP contribution in [0.2, 0.25) is 0 Å². The summed E-state index contributed by atoms with van der Waals surface area (Å²) in [6, 6.07) is 10.9. The van der Waals surface area contributed by atoms with Gasteiger partial charge in [-0.25, -0.2) is 9.15 Å². The van der Waals surface area contributed by atoms with Crippen LogP contribution in [0.3, 0.4) is 0 Å². The molecule has 3 heterocycles. The molecule has 0 bridgehead atoms. The first-order valence-electron chi connectivity index (χ1n) is 15.0. The number of piperidine rings is 1. The topological polar surface area (TPSA) is 88.8 Å². The minimum Gasteiger partial charge on any atom is -0.302 e. The summed E-state index contributed by atoms with van der Waals surface area (Å²) in [5.74, 6) is 1.19. The van der Waals surface area contributed by atoms with E-state index in [1.807, 2.05) is 22.8 Å². The molecule has 2 fully saturated rings. The van der Waals surface area contributed by atoms with Gasteiger partial charge >= 0.3 is 11.6 Å². The van der Waals surface area contributed by atoms with Crippen molar-refractivity contribution in [3.8, 4) is 17.5 Å². The third-order valence-corrected chi connectivity index (χ3v) is 8.87. The average Bonchev–Trinajstić information content (AvgIpc) is 3.89. The van der Waals surface area contributed by atoms with Crippen molar-refractivity contribution >= 4 is 42.6 Å². The lowest BCUT2D eigenvalue weighted by atomic mass is 9.86. The molecule has 1 saturated heterocycles. The molecule has 2 aliphatic carbocycles. The molecule has 1 aromatic carbocycles. The van der Waals surface area contributed by atoms with Crippen molar-refractivity contribution in [2.75, 3.05) is 19.6 Å². The number of allylic oxidation sites excluding steroid dienone is 2. The zero-order valence-electron chi connectivity index (χ0n) is 24.7. The molecule has 0 N–H and O–H groups in total. The number of carbonyl (C=O) groups excluding carboxylic acids is 1. The van der Waals surface area contributed by atoms with Gasteiger partial charge in [0, 0.05) is 19.0 Å². The Morgan fingerprint density at radius 2 is 1.88 bits per heavy atom. The Kier molecular flexibility index (Phi) is 7.92. The van der Waals surface area contributed by atoms with E-state index in [0.29, 0.717) is 47.0 Å². The molecule has 0 amide bonds. The summed E-state index contributed by atoms with van der Waals surface area (Å²) in [5, 5.41) is 8.92. The van der Waals surface area contributed by atoms with Crippen molar-refractivity contribution in [2.45, 2.75) is 51.0 Å². The van der Waals surface area contributed by atoms with E-state index in [9.17, 15) is 4.79 Å². The zero-order valence-corrected chi connectivity index (χ0v) is 24.7. The number of pyridine rings is 1. The second-order valence-electron chi connectivity index (χ2n) is 11.7. The van der Waals surface area contributed by atoms with Gasteiger partial charge in [0.1, 0.15) is 23.5 Å². The third kappa shape index (κ3) is 5.73. The number of nitriles is 1. The molecule has 8 heteroatoms. The van der Waals surface area contributed by atoms with Crippen LogP contribution in [0, 0.1) is 24.2 Å². The molecule has 6 rings (SSSR count). The van der Waals surface area contributed by atoms with E-state index in [0.717, 1.165) is 56.6 Å². The second kappa shape index (κ2) is 11.9. The predicted molar refractivity (Wildman–Crippen MR) is 171 cm³/mol. The van der Waals surface area contributed by atoms with E-state index in [4.69, 9.17) is 15.2 Å². The number of aromatic nitrogens is 3. The molecular weight excluding hydrogens is 534 g/mol. The summed E-state index contributed by atoms with van der Waals surface area (Å²) < 4.78 is 3.68. The van der Waals surface area contributed by atoms with Gasteiger partial charge in [0.05, 0.1) is 31.6 Å². The lowest BCUT2D eigenvalue weighted by molar-refractivity contribution is -0.451. The Balaban J connectivity index is 1.34. The quantitative estimate of drug-likeness (QED) is 0.178. The molecule has 1 atom stereocenters. The van der Waals surface area contributed by atoms with Crippen molar-refractivity contribution in [3.63, 3.8) is 0 Å². The molecule has 0 radical (unpaired) electrons. The SMILES string of the molecule is C=CC1C=Cc2cc(-c3cncc([N+](=C)C4CC4)n3)nc([N+](=C)c3ccc(C4CCN(CCC#N)CC4)c(C)c3)c2C1=O. The first kappa shape index (κ1) is 28.5. The Morgan fingerprint density at radius 3 is 2.58 bits per heavy atom. The Morgan fingerprint density at radius 1 is 1.09 bits per heavy atom. The standard InChI is InChI=1S/C35H37N7O/c1-5-24-7-8-26-20-30(31-21-37-22-32(38-31)40(3)27-9-10-27)39-35(33(26)34(24)43)41(4)28-11-12-29(23(2)19-28)25-13-17-42(18-14-25)16-6-15-36/h5,7-8,11-12,19-22,24-25,27H,1,3-4,6,9-10,13-14,16-18H2,2H3/q+2. The first-order chi connectivity index (χ1) is 20.9. The zero-order chi connectivity index (χ0) is 30.1. The maximum Gasteiger partial charge on any atom is 0.342 e. The molecule has 1 aliphatic heterocycles. The maximum absolute atomic E-state index is 13.6. The van der Waals surface area contributed by atoms with Gasteiger partial charge in [0.2, 0.25) is 11.4 Å². The number of hydrogen-bond donors (Lipinski definition) is 0. The average molecular weight is 572 g/mol. The number of likely N-dealkylation sites (tertiary alicyclic amines) is 1. The van der Waals surface area contributed by atoms with Crippen LogP contribution >= 0.6 is 0 Å². The lowest BCUT2D eigenvalue weighted by Gasteiger charge is -2.32. The van der Waals surface area contributed by atoms with Crippen molar-refractivity contribution in [3.05, 3.63) is 77.6 Å². The number of fused-ring (bicyclic) bond motifs is 1. The lowest BCUT2D eigenvalue weighted by Crippen LogP contribution is -2.33. The number of ketones is 1. The number of carbonyl (C=O) groups is 1. The smallest absolute Gasteiger partial charge is 0.302 e. The summed E-state index contributed by atoms with van der Waals surface area (Å²) in [5.41, 5.74) is 5.92. The highest BCUT2D eigenvalue weighted by Gasteiger charge is 2.35. The van der Waals surface area contributed by atoms with E-state index in [2.05, 4.69) is 61.1 Å². The van der Waals surface area contributed by atoms with Crippen LogP contribution in [0.4, 0.5) is 17.3 Å². The molecule has 2 aromatic heterocycles. The highest BCUT2D eigenvalue weighted by molar-refractivity contribution is 6.09. The number of Topliss-reactive ketones (excluding diaryl/α,β-unsaturated/α-hetero) is 1. The van der Waals surface area contributed by atoms with Gasteiger partial charge in [-0.3, -0.25) is 9.78 Å². The summed E-state index contributed by atoms with van der Waals surface area (Å²) in [4.78, 5) is 30.3. The summed E-state index contributed by atoms with van der Waals surface area (Å²) in [6.45, 7) is 17.4. The van der Waals surface area contributed by atoms with Gasteiger partial charge in [0.15, 0.2) is 5.78 Å². The Hall–Kier alpha value is -4.61.